The van der Waals surface area contributed by atoms with E-state index in [1.54, 1.807) is 6.08 Å². The van der Waals surface area contributed by atoms with Crippen LogP contribution in [0.2, 0.25) is 0 Å². The predicted molar refractivity (Wildman–Crippen MR) is 55.8 cm³/mol. The van der Waals surface area contributed by atoms with Gasteiger partial charge in [0.25, 0.3) is 0 Å². The molecule has 1 rings (SSSR count). The van der Waals surface area contributed by atoms with Gasteiger partial charge in [-0.2, -0.15) is 13.2 Å². The second-order valence-corrected chi connectivity index (χ2v) is 3.50. The molecule has 5 heteroatoms. The fraction of sp³-hybridized carbons (Fsp3) is 0.273. The highest BCUT2D eigenvalue weighted by atomic mass is 35.5. The van der Waals surface area contributed by atoms with E-state index in [-0.39, 0.29) is 0 Å². The van der Waals surface area contributed by atoms with Crippen LogP contribution < -0.4 is 0 Å². The lowest BCUT2D eigenvalue weighted by atomic mass is 10.1. The summed E-state index contributed by atoms with van der Waals surface area (Å²) in [5, 5.41) is 0. The Kier molecular flexibility index (Phi) is 4.35. The lowest BCUT2D eigenvalue weighted by Gasteiger charge is -2.08. The van der Waals surface area contributed by atoms with Crippen molar-refractivity contribution in [3.63, 3.8) is 0 Å². The van der Waals surface area contributed by atoms with Gasteiger partial charge in [0.2, 0.25) is 0 Å². The van der Waals surface area contributed by atoms with Crippen LogP contribution in [0.15, 0.2) is 24.3 Å². The monoisotopic (exact) mass is 252 g/mol. The average molecular weight is 253 g/mol. The molecule has 0 aliphatic rings. The van der Waals surface area contributed by atoms with Gasteiger partial charge in [-0.1, -0.05) is 18.2 Å². The van der Waals surface area contributed by atoms with E-state index in [2.05, 4.69) is 0 Å². The Balaban J connectivity index is 2.99. The van der Waals surface area contributed by atoms with Gasteiger partial charge in [-0.05, 0) is 24.1 Å². The number of hydrogen-bond donors (Lipinski definition) is 0. The molecule has 0 aromatic heterocycles. The van der Waals surface area contributed by atoms with E-state index in [0.717, 1.165) is 12.1 Å². The number of rotatable bonds is 3. The van der Waals surface area contributed by atoms with Gasteiger partial charge < -0.3 is 0 Å². The number of halogens is 5. The maximum atomic E-state index is 12.9. The van der Waals surface area contributed by atoms with Gasteiger partial charge in [0.05, 0.1) is 5.56 Å². The number of alkyl halides is 4. The lowest BCUT2D eigenvalue weighted by Crippen LogP contribution is -2.08. The molecule has 0 aliphatic carbocycles. The van der Waals surface area contributed by atoms with E-state index in [4.69, 9.17) is 11.6 Å². The zero-order valence-electron chi connectivity index (χ0n) is 8.19. The highest BCUT2D eigenvalue weighted by Crippen LogP contribution is 2.32. The minimum absolute atomic E-state index is 0.304. The Morgan fingerprint density at radius 2 is 1.94 bits per heavy atom. The molecule has 0 unspecified atom stereocenters. The topological polar surface area (TPSA) is 0 Å². The number of benzene rings is 1. The van der Waals surface area contributed by atoms with Crippen LogP contribution in [0.3, 0.4) is 0 Å². The van der Waals surface area contributed by atoms with Crippen molar-refractivity contribution in [2.24, 2.45) is 0 Å². The molecular weight excluding hydrogens is 244 g/mol. The summed E-state index contributed by atoms with van der Waals surface area (Å²) in [5.74, 6) is -0.869. The van der Waals surface area contributed by atoms with Gasteiger partial charge in [0.15, 0.2) is 0 Å². The first-order valence-electron chi connectivity index (χ1n) is 4.54. The quantitative estimate of drug-likeness (QED) is 0.549. The standard InChI is InChI=1S/C11H9ClF4/c12-6-2-1-3-8-4-5-10(13)9(7-8)11(14,15)16/h1,3-5,7H,2,6H2/b3-1+. The Bertz CT molecular complexity index is 382. The number of hydrogen-bond acceptors (Lipinski definition) is 0. The minimum Gasteiger partial charge on any atom is -0.206 e. The fourth-order valence-corrected chi connectivity index (χ4v) is 1.27. The molecule has 0 radical (unpaired) electrons. The molecule has 0 saturated carbocycles. The third-order valence-electron chi connectivity index (χ3n) is 1.88. The average Bonchev–Trinajstić information content (AvgIpc) is 2.19. The molecule has 16 heavy (non-hydrogen) atoms. The Morgan fingerprint density at radius 1 is 1.25 bits per heavy atom. The normalized spacial score (nSPS) is 12.3. The first-order chi connectivity index (χ1) is 7.45. The summed E-state index contributed by atoms with van der Waals surface area (Å²) < 4.78 is 49.9. The van der Waals surface area contributed by atoms with Crippen LogP contribution in [-0.2, 0) is 6.18 Å². The van der Waals surface area contributed by atoms with Crippen molar-refractivity contribution >= 4 is 17.7 Å². The van der Waals surface area contributed by atoms with Crippen LogP contribution in [0, 0.1) is 5.82 Å². The predicted octanol–water partition coefficient (Wildman–Crippen LogP) is 4.49. The van der Waals surface area contributed by atoms with E-state index in [1.165, 1.54) is 12.1 Å². The summed E-state index contributed by atoms with van der Waals surface area (Å²) in [6.07, 6.45) is -0.988. The molecule has 0 amide bonds. The van der Waals surface area contributed by atoms with E-state index < -0.39 is 17.6 Å². The summed E-state index contributed by atoms with van der Waals surface area (Å²) in [5.41, 5.74) is -0.945. The fourth-order valence-electron chi connectivity index (χ4n) is 1.15. The number of allylic oxidation sites excluding steroid dienone is 1. The summed E-state index contributed by atoms with van der Waals surface area (Å²) in [6.45, 7) is 0. The van der Waals surface area contributed by atoms with Crippen molar-refractivity contribution in [2.75, 3.05) is 5.88 Å². The first kappa shape index (κ1) is 13.0. The molecular formula is C11H9ClF4. The van der Waals surface area contributed by atoms with Crippen molar-refractivity contribution in [1.82, 2.24) is 0 Å². The van der Waals surface area contributed by atoms with Crippen molar-refractivity contribution in [1.29, 1.82) is 0 Å². The lowest BCUT2D eigenvalue weighted by molar-refractivity contribution is -0.140. The highest BCUT2D eigenvalue weighted by molar-refractivity contribution is 6.17. The van der Waals surface area contributed by atoms with Crippen LogP contribution in [0.25, 0.3) is 6.08 Å². The molecule has 0 saturated heterocycles. The first-order valence-corrected chi connectivity index (χ1v) is 5.08. The largest absolute Gasteiger partial charge is 0.419 e. The van der Waals surface area contributed by atoms with E-state index in [0.29, 0.717) is 17.9 Å². The molecule has 0 nitrogen and oxygen atoms in total. The van der Waals surface area contributed by atoms with Crippen molar-refractivity contribution in [3.8, 4) is 0 Å². The molecule has 0 heterocycles. The summed E-state index contributed by atoms with van der Waals surface area (Å²) in [6, 6.07) is 2.87. The summed E-state index contributed by atoms with van der Waals surface area (Å²) in [4.78, 5) is 0. The van der Waals surface area contributed by atoms with E-state index in [1.807, 2.05) is 0 Å². The molecule has 0 aliphatic heterocycles. The van der Waals surface area contributed by atoms with Crippen molar-refractivity contribution in [2.45, 2.75) is 12.6 Å². The van der Waals surface area contributed by atoms with Gasteiger partial charge in [0, 0.05) is 5.88 Å². The van der Waals surface area contributed by atoms with Gasteiger partial charge in [-0.15, -0.1) is 11.6 Å². The van der Waals surface area contributed by atoms with Gasteiger partial charge >= 0.3 is 6.18 Å². The molecule has 0 spiro atoms. The second kappa shape index (κ2) is 5.34. The third-order valence-corrected chi connectivity index (χ3v) is 2.10. The second-order valence-electron chi connectivity index (χ2n) is 3.12. The van der Waals surface area contributed by atoms with Gasteiger partial charge in [-0.25, -0.2) is 4.39 Å². The molecule has 1 aromatic carbocycles. The Hall–Kier alpha value is -1.03. The zero-order chi connectivity index (χ0) is 12.2. The van der Waals surface area contributed by atoms with Gasteiger partial charge in [-0.3, -0.25) is 0 Å². The van der Waals surface area contributed by atoms with Crippen LogP contribution in [-0.4, -0.2) is 5.88 Å². The van der Waals surface area contributed by atoms with E-state index in [9.17, 15) is 17.6 Å². The molecule has 1 aromatic rings. The maximum Gasteiger partial charge on any atom is 0.419 e. The summed E-state index contributed by atoms with van der Waals surface area (Å²) in [7, 11) is 0. The SMILES string of the molecule is Fc1ccc(/C=C/CCCl)cc1C(F)(F)F. The smallest absolute Gasteiger partial charge is 0.206 e. The zero-order valence-corrected chi connectivity index (χ0v) is 8.95. The maximum absolute atomic E-state index is 12.9. The van der Waals surface area contributed by atoms with Crippen LogP contribution in [0.1, 0.15) is 17.5 Å². The van der Waals surface area contributed by atoms with Crippen molar-refractivity contribution in [3.05, 3.63) is 41.2 Å². The van der Waals surface area contributed by atoms with E-state index >= 15 is 0 Å². The Morgan fingerprint density at radius 3 is 2.50 bits per heavy atom. The molecule has 0 fully saturated rings. The van der Waals surface area contributed by atoms with Crippen LogP contribution >= 0.6 is 11.6 Å². The van der Waals surface area contributed by atoms with Crippen LogP contribution in [0.4, 0.5) is 17.6 Å². The third kappa shape index (κ3) is 3.52. The summed E-state index contributed by atoms with van der Waals surface area (Å²) >= 11 is 5.41. The molecule has 88 valence electrons. The molecule has 0 N–H and O–H groups in total. The van der Waals surface area contributed by atoms with Crippen molar-refractivity contribution < 1.29 is 17.6 Å². The Labute approximate surface area is 95.5 Å². The highest BCUT2D eigenvalue weighted by Gasteiger charge is 2.33. The van der Waals surface area contributed by atoms with Crippen LogP contribution in [0.5, 0.6) is 0 Å². The molecule has 0 atom stereocenters. The minimum atomic E-state index is -4.67. The molecule has 0 bridgehead atoms. The van der Waals surface area contributed by atoms with Gasteiger partial charge in [0.1, 0.15) is 5.82 Å².